The molecule has 0 N–H and O–H groups in total. The standard InChI is InChI=1S/C24H23N2O.C21H28GeN.Ir/c1-16-6-5-9-21-22(16)23-24(27-21)19(11-13-26-23)20-15-18(10-12-25-20)14-17-7-3-2-4-8-17;1-22(2,3)20-16-23-21(18-12-8-5-9-13-18)15-19(20)14-17-10-6-4-7-11-17;/h5-6,9-10,12-13,15,17H,2-4,7-8,14H2,1H3;5,8-9,12,15-17H,4,6-7,10-11,14H2,1-3H3;/q2*-1;. The van der Waals surface area contributed by atoms with E-state index in [9.17, 15) is 0 Å². The first kappa shape index (κ1) is 37.6. The number of benzene rings is 2. The summed E-state index contributed by atoms with van der Waals surface area (Å²) < 4.78 is 7.77. The van der Waals surface area contributed by atoms with Gasteiger partial charge in [-0.3, -0.25) is 4.98 Å². The van der Waals surface area contributed by atoms with Gasteiger partial charge in [0.15, 0.2) is 0 Å². The summed E-state index contributed by atoms with van der Waals surface area (Å²) in [6.45, 7) is 2.10. The molecule has 2 aromatic carbocycles. The second-order valence-corrected chi connectivity index (χ2v) is 26.3. The molecular weight excluding hydrogens is 863 g/mol. The van der Waals surface area contributed by atoms with Gasteiger partial charge >= 0.3 is 144 Å². The molecule has 4 aromatic heterocycles. The van der Waals surface area contributed by atoms with E-state index in [2.05, 4.69) is 88.9 Å². The monoisotopic (exact) mass is 916 g/mol. The van der Waals surface area contributed by atoms with Crippen LogP contribution in [0.25, 0.3) is 44.6 Å². The van der Waals surface area contributed by atoms with Gasteiger partial charge in [-0.1, -0.05) is 55.9 Å². The number of nitrogens with zero attached hydrogens (tertiary/aromatic N) is 3. The number of hydrogen-bond acceptors (Lipinski definition) is 4. The zero-order valence-corrected chi connectivity index (χ0v) is 35.2. The summed E-state index contributed by atoms with van der Waals surface area (Å²) in [4.78, 5) is 14.0. The average Bonchev–Trinajstić information content (AvgIpc) is 3.53. The predicted octanol–water partition coefficient (Wildman–Crippen LogP) is 11.5. The van der Waals surface area contributed by atoms with Crippen LogP contribution in [0.4, 0.5) is 0 Å². The number of aryl methyl sites for hydroxylation is 1. The van der Waals surface area contributed by atoms with Crippen LogP contribution in [0, 0.1) is 30.9 Å². The van der Waals surface area contributed by atoms with Crippen LogP contribution in [-0.2, 0) is 32.9 Å². The van der Waals surface area contributed by atoms with Crippen molar-refractivity contribution in [3.63, 3.8) is 0 Å². The van der Waals surface area contributed by atoms with Crippen molar-refractivity contribution in [2.24, 2.45) is 11.8 Å². The van der Waals surface area contributed by atoms with E-state index in [1.165, 1.54) is 81.8 Å². The van der Waals surface area contributed by atoms with Crippen LogP contribution in [0.2, 0.25) is 17.3 Å². The molecule has 2 fully saturated rings. The van der Waals surface area contributed by atoms with E-state index in [1.54, 1.807) is 16.2 Å². The van der Waals surface area contributed by atoms with E-state index >= 15 is 0 Å². The summed E-state index contributed by atoms with van der Waals surface area (Å²) in [5.41, 5.74) is 10.7. The van der Waals surface area contributed by atoms with Gasteiger partial charge < -0.3 is 9.40 Å². The molecule has 0 bridgehead atoms. The minimum absolute atomic E-state index is 0. The number of pyridine rings is 3. The van der Waals surface area contributed by atoms with Crippen molar-refractivity contribution >= 4 is 39.7 Å². The quantitative estimate of drug-likeness (QED) is 0.118. The van der Waals surface area contributed by atoms with Crippen LogP contribution < -0.4 is 4.40 Å². The van der Waals surface area contributed by atoms with Gasteiger partial charge in [0.2, 0.25) is 0 Å². The molecule has 4 heterocycles. The van der Waals surface area contributed by atoms with Crippen molar-refractivity contribution in [3.8, 4) is 22.5 Å². The second-order valence-electron chi connectivity index (χ2n) is 15.7. The summed E-state index contributed by atoms with van der Waals surface area (Å²) in [5.74, 6) is 9.13. The van der Waals surface area contributed by atoms with Gasteiger partial charge in [-0.2, -0.15) is 6.07 Å². The maximum absolute atomic E-state index is 6.17. The number of furan rings is 1. The molecule has 8 rings (SSSR count). The summed E-state index contributed by atoms with van der Waals surface area (Å²) >= 11 is -1.89. The van der Waals surface area contributed by atoms with Gasteiger partial charge in [0.25, 0.3) is 0 Å². The van der Waals surface area contributed by atoms with Crippen LogP contribution in [0.3, 0.4) is 0 Å². The largest absolute Gasteiger partial charge is 0 e. The molecule has 2 saturated carbocycles. The zero-order chi connectivity index (χ0) is 34.5. The fourth-order valence-electron chi connectivity index (χ4n) is 8.22. The van der Waals surface area contributed by atoms with E-state index in [0.717, 1.165) is 62.8 Å². The summed E-state index contributed by atoms with van der Waals surface area (Å²) in [7, 11) is 0. The first-order chi connectivity index (χ1) is 24.3. The summed E-state index contributed by atoms with van der Waals surface area (Å²) in [5, 5.41) is 1.08. The molecule has 0 aliphatic heterocycles. The van der Waals surface area contributed by atoms with Crippen LogP contribution in [0.5, 0.6) is 0 Å². The number of aromatic nitrogens is 3. The Labute approximate surface area is 321 Å². The van der Waals surface area contributed by atoms with Gasteiger partial charge in [-0.05, 0) is 48.8 Å². The Morgan fingerprint density at radius 3 is 2.22 bits per heavy atom. The van der Waals surface area contributed by atoms with Gasteiger partial charge in [-0.25, -0.2) is 0 Å². The average molecular weight is 915 g/mol. The smallest absolute Gasteiger partial charge is 0 e. The van der Waals surface area contributed by atoms with Crippen molar-refractivity contribution in [2.75, 3.05) is 0 Å². The predicted molar refractivity (Wildman–Crippen MR) is 210 cm³/mol. The third-order valence-electron chi connectivity index (χ3n) is 10.9. The SMILES string of the molecule is Cc1cccc2oc3c(-c4cc(CC5CCCCC5)ccn4)[c-]cnc3c12.[CH3][Ge]([CH3])([CH3])[c]1cnc(-c2[c-]cccc2)cc1CC1CCCCC1.[Ir]. The van der Waals surface area contributed by atoms with Gasteiger partial charge in [0.1, 0.15) is 5.58 Å². The van der Waals surface area contributed by atoms with E-state index in [0.29, 0.717) is 0 Å². The fourth-order valence-corrected chi connectivity index (χ4v) is 11.6. The number of rotatable bonds is 7. The molecule has 2 aliphatic rings. The Hall–Kier alpha value is -3.12. The van der Waals surface area contributed by atoms with Gasteiger partial charge in [0.05, 0.1) is 11.1 Å². The Bertz CT molecular complexity index is 2040. The van der Waals surface area contributed by atoms with Gasteiger partial charge in [0, 0.05) is 31.7 Å². The maximum Gasteiger partial charge on any atom is 0 e. The molecule has 2 aliphatic carbocycles. The third kappa shape index (κ3) is 9.10. The first-order valence-electron chi connectivity index (χ1n) is 18.9. The Morgan fingerprint density at radius 2 is 1.51 bits per heavy atom. The van der Waals surface area contributed by atoms with E-state index < -0.39 is 13.3 Å². The molecule has 267 valence electrons. The van der Waals surface area contributed by atoms with Crippen LogP contribution >= 0.6 is 0 Å². The zero-order valence-electron chi connectivity index (χ0n) is 30.7. The molecule has 0 saturated heterocycles. The molecule has 0 spiro atoms. The van der Waals surface area contributed by atoms with Gasteiger partial charge in [-0.15, -0.1) is 5.56 Å². The minimum Gasteiger partial charge on any atom is 0 e. The number of hydrogen-bond donors (Lipinski definition) is 0. The molecule has 51 heavy (non-hydrogen) atoms. The molecule has 1 radical (unpaired) electrons. The molecule has 0 unspecified atom stereocenters. The van der Waals surface area contributed by atoms with E-state index in [4.69, 9.17) is 9.40 Å². The Balaban J connectivity index is 0.000000175. The Kier molecular flexibility index (Phi) is 12.6. The van der Waals surface area contributed by atoms with E-state index in [-0.39, 0.29) is 20.1 Å². The number of fused-ring (bicyclic) bond motifs is 3. The molecular formula is C45H51GeIrN3O-2. The van der Waals surface area contributed by atoms with Crippen LogP contribution in [0.15, 0.2) is 83.7 Å². The molecule has 6 heteroatoms. The molecule has 4 nitrogen and oxygen atoms in total. The van der Waals surface area contributed by atoms with Crippen molar-refractivity contribution in [3.05, 3.63) is 108 Å². The topological polar surface area (TPSA) is 51.8 Å². The van der Waals surface area contributed by atoms with E-state index in [1.807, 2.05) is 30.5 Å². The molecule has 0 atom stereocenters. The van der Waals surface area contributed by atoms with Crippen molar-refractivity contribution in [1.29, 1.82) is 0 Å². The van der Waals surface area contributed by atoms with Crippen molar-refractivity contribution in [1.82, 2.24) is 15.0 Å². The first-order valence-corrected chi connectivity index (χ1v) is 26.3. The minimum atomic E-state index is -1.89. The van der Waals surface area contributed by atoms with Crippen LogP contribution in [0.1, 0.15) is 80.9 Å². The summed E-state index contributed by atoms with van der Waals surface area (Å²) in [6.07, 6.45) is 22.2. The van der Waals surface area contributed by atoms with Crippen LogP contribution in [-0.4, -0.2) is 28.2 Å². The normalized spacial score (nSPS) is 15.7. The van der Waals surface area contributed by atoms with Crippen molar-refractivity contribution in [2.45, 2.75) is 101 Å². The molecule has 6 aromatic rings. The Morgan fingerprint density at radius 1 is 0.765 bits per heavy atom. The summed E-state index contributed by atoms with van der Waals surface area (Å²) in [6, 6.07) is 27.6. The second kappa shape index (κ2) is 17.1. The fraction of sp³-hybridized carbons (Fsp3) is 0.400. The third-order valence-corrected chi connectivity index (χ3v) is 15.2. The maximum atomic E-state index is 6.17. The molecule has 0 amide bonds. The van der Waals surface area contributed by atoms with Crippen molar-refractivity contribution < 1.29 is 24.5 Å².